The molecular formula is C21H21F3N6O3S. The molecule has 0 saturated carbocycles. The monoisotopic (exact) mass is 494 g/mol. The van der Waals surface area contributed by atoms with Crippen molar-refractivity contribution in [1.82, 2.24) is 25.6 Å². The molecule has 0 aliphatic carbocycles. The van der Waals surface area contributed by atoms with Crippen LogP contribution in [0.25, 0.3) is 5.69 Å². The van der Waals surface area contributed by atoms with Gasteiger partial charge in [-0.15, -0.1) is 11.3 Å². The van der Waals surface area contributed by atoms with Crippen LogP contribution in [0.1, 0.15) is 43.1 Å². The standard InChI is InChI=1S/C21H21F3N6O3S/c1-11(25-26-18(31)15-9-10-16(34-15)19(32)28-29(3)4)17-12(2)27-30(20(17)33)14-7-5-13(6-8-14)21(22,23)24/h5-10,27H,1-4H3,(H,26,31)(H,28,32). The molecule has 3 rings (SSSR count). The maximum atomic E-state index is 12.9. The minimum atomic E-state index is -4.48. The van der Waals surface area contributed by atoms with Gasteiger partial charge < -0.3 is 0 Å². The number of aromatic amines is 1. The largest absolute Gasteiger partial charge is 0.416 e. The number of aromatic nitrogens is 2. The van der Waals surface area contributed by atoms with Gasteiger partial charge >= 0.3 is 6.18 Å². The van der Waals surface area contributed by atoms with Crippen LogP contribution in [0.4, 0.5) is 13.2 Å². The lowest BCUT2D eigenvalue weighted by atomic mass is 10.2. The van der Waals surface area contributed by atoms with E-state index in [0.29, 0.717) is 10.6 Å². The van der Waals surface area contributed by atoms with Crippen molar-refractivity contribution in [2.24, 2.45) is 5.10 Å². The Hall–Kier alpha value is -3.71. The zero-order chi connectivity index (χ0) is 25.2. The number of hydrogen-bond donors (Lipinski definition) is 3. The predicted octanol–water partition coefficient (Wildman–Crippen LogP) is 2.91. The molecule has 0 unspecified atom stereocenters. The van der Waals surface area contributed by atoms with Crippen molar-refractivity contribution in [2.75, 3.05) is 14.1 Å². The SMILES string of the molecule is CC(=NNC(=O)c1ccc(C(=O)NN(C)C)s1)c1c(C)[nH]n(-c2ccc(C(F)(F)F)cc2)c1=O. The predicted molar refractivity (Wildman–Crippen MR) is 121 cm³/mol. The summed E-state index contributed by atoms with van der Waals surface area (Å²) in [5, 5.41) is 8.26. The second-order valence-electron chi connectivity index (χ2n) is 7.43. The molecule has 3 aromatic rings. The summed E-state index contributed by atoms with van der Waals surface area (Å²) in [4.78, 5) is 37.9. The van der Waals surface area contributed by atoms with Gasteiger partial charge in [0.25, 0.3) is 17.4 Å². The highest BCUT2D eigenvalue weighted by atomic mass is 32.1. The van der Waals surface area contributed by atoms with Crippen LogP contribution >= 0.6 is 11.3 Å². The van der Waals surface area contributed by atoms with Crippen LogP contribution in [0.15, 0.2) is 46.3 Å². The summed E-state index contributed by atoms with van der Waals surface area (Å²) in [6.07, 6.45) is -4.48. The first kappa shape index (κ1) is 24.9. The molecule has 0 fully saturated rings. The lowest BCUT2D eigenvalue weighted by molar-refractivity contribution is -0.137. The second-order valence-corrected chi connectivity index (χ2v) is 8.52. The van der Waals surface area contributed by atoms with Crippen molar-refractivity contribution in [3.05, 3.63) is 73.3 Å². The molecular weight excluding hydrogens is 473 g/mol. The molecule has 1 aromatic carbocycles. The fraction of sp³-hybridized carbons (Fsp3) is 0.238. The van der Waals surface area contributed by atoms with Crippen LogP contribution in [0, 0.1) is 6.92 Å². The molecule has 2 aromatic heterocycles. The molecule has 0 bridgehead atoms. The number of H-pyrrole nitrogens is 1. The number of hydrazone groups is 1. The summed E-state index contributed by atoms with van der Waals surface area (Å²) in [5.74, 6) is -0.926. The van der Waals surface area contributed by atoms with Gasteiger partial charge in [0.05, 0.1) is 32.3 Å². The average molecular weight is 494 g/mol. The van der Waals surface area contributed by atoms with Gasteiger partial charge in [-0.05, 0) is 50.2 Å². The fourth-order valence-electron chi connectivity index (χ4n) is 3.04. The van der Waals surface area contributed by atoms with E-state index in [0.717, 1.165) is 28.2 Å². The number of hydrogen-bond acceptors (Lipinski definition) is 6. The van der Waals surface area contributed by atoms with E-state index in [-0.39, 0.29) is 27.7 Å². The van der Waals surface area contributed by atoms with Crippen molar-refractivity contribution in [2.45, 2.75) is 20.0 Å². The number of alkyl halides is 3. The van der Waals surface area contributed by atoms with E-state index in [2.05, 4.69) is 21.1 Å². The average Bonchev–Trinajstić information content (AvgIpc) is 3.36. The van der Waals surface area contributed by atoms with Gasteiger partial charge in [-0.25, -0.2) is 15.1 Å². The molecule has 13 heteroatoms. The van der Waals surface area contributed by atoms with Crippen LogP contribution < -0.4 is 16.4 Å². The Morgan fingerprint density at radius 1 is 1.06 bits per heavy atom. The minimum absolute atomic E-state index is 0.164. The number of carbonyl (C=O) groups is 2. The maximum Gasteiger partial charge on any atom is 0.416 e. The van der Waals surface area contributed by atoms with Crippen molar-refractivity contribution in [3.8, 4) is 5.69 Å². The summed E-state index contributed by atoms with van der Waals surface area (Å²) >= 11 is 0.977. The number of rotatable bonds is 6. The summed E-state index contributed by atoms with van der Waals surface area (Å²) in [6, 6.07) is 7.11. The molecule has 0 radical (unpaired) electrons. The fourth-order valence-corrected chi connectivity index (χ4v) is 3.83. The van der Waals surface area contributed by atoms with Gasteiger partial charge in [-0.2, -0.15) is 18.3 Å². The Kier molecular flexibility index (Phi) is 7.07. The molecule has 0 atom stereocenters. The van der Waals surface area contributed by atoms with Crippen molar-refractivity contribution >= 4 is 28.9 Å². The topological polar surface area (TPSA) is 112 Å². The molecule has 180 valence electrons. The summed E-state index contributed by atoms with van der Waals surface area (Å²) in [6.45, 7) is 3.12. The molecule has 0 aliphatic rings. The van der Waals surface area contributed by atoms with E-state index in [1.807, 2.05) is 0 Å². The van der Waals surface area contributed by atoms with Crippen molar-refractivity contribution in [3.63, 3.8) is 0 Å². The van der Waals surface area contributed by atoms with Crippen LogP contribution in [-0.2, 0) is 6.18 Å². The van der Waals surface area contributed by atoms with Crippen LogP contribution in [-0.4, -0.2) is 46.4 Å². The van der Waals surface area contributed by atoms with Crippen molar-refractivity contribution < 1.29 is 22.8 Å². The first-order valence-corrected chi connectivity index (χ1v) is 10.6. The molecule has 9 nitrogen and oxygen atoms in total. The zero-order valence-electron chi connectivity index (χ0n) is 18.6. The van der Waals surface area contributed by atoms with Crippen LogP contribution in [0.2, 0.25) is 0 Å². The Morgan fingerprint density at radius 2 is 1.65 bits per heavy atom. The van der Waals surface area contributed by atoms with Crippen LogP contribution in [0.3, 0.4) is 0 Å². The Bertz CT molecular complexity index is 1300. The third-order valence-corrected chi connectivity index (χ3v) is 5.67. The molecule has 0 spiro atoms. The number of aryl methyl sites for hydroxylation is 1. The molecule has 0 aliphatic heterocycles. The second kappa shape index (κ2) is 9.65. The summed E-state index contributed by atoms with van der Waals surface area (Å²) in [5.41, 5.74) is 4.54. The third-order valence-electron chi connectivity index (χ3n) is 4.59. The Labute approximate surface area is 195 Å². The van der Waals surface area contributed by atoms with Gasteiger partial charge in [0.2, 0.25) is 0 Å². The van der Waals surface area contributed by atoms with Crippen LogP contribution in [0.5, 0.6) is 0 Å². The van der Waals surface area contributed by atoms with Gasteiger partial charge in [0.15, 0.2) is 0 Å². The van der Waals surface area contributed by atoms with E-state index in [1.165, 1.54) is 36.2 Å². The number of nitrogens with zero attached hydrogens (tertiary/aromatic N) is 3. The quantitative estimate of drug-likeness (QED) is 0.361. The van der Waals surface area contributed by atoms with E-state index in [4.69, 9.17) is 0 Å². The highest BCUT2D eigenvalue weighted by Gasteiger charge is 2.30. The highest BCUT2D eigenvalue weighted by molar-refractivity contribution is 7.15. The number of nitrogens with one attached hydrogen (secondary N) is 3. The van der Waals surface area contributed by atoms with Gasteiger partial charge in [0, 0.05) is 19.8 Å². The van der Waals surface area contributed by atoms with Gasteiger partial charge in [-0.1, -0.05) is 0 Å². The van der Waals surface area contributed by atoms with Crippen molar-refractivity contribution in [1.29, 1.82) is 0 Å². The minimum Gasteiger partial charge on any atom is -0.295 e. The normalized spacial score (nSPS) is 12.2. The number of carbonyl (C=O) groups excluding carboxylic acids is 2. The third kappa shape index (κ3) is 5.43. The number of halogens is 3. The molecule has 2 amide bonds. The number of benzene rings is 1. The van der Waals surface area contributed by atoms with E-state index < -0.39 is 23.2 Å². The molecule has 0 saturated heterocycles. The number of thiophene rings is 1. The first-order chi connectivity index (χ1) is 15.9. The lowest BCUT2D eigenvalue weighted by Crippen LogP contribution is -2.35. The van der Waals surface area contributed by atoms with Gasteiger partial charge in [-0.3, -0.25) is 24.9 Å². The Balaban J connectivity index is 1.78. The Morgan fingerprint density at radius 3 is 2.21 bits per heavy atom. The number of hydrazine groups is 1. The first-order valence-electron chi connectivity index (χ1n) is 9.81. The summed E-state index contributed by atoms with van der Waals surface area (Å²) in [7, 11) is 3.32. The summed E-state index contributed by atoms with van der Waals surface area (Å²) < 4.78 is 39.5. The zero-order valence-corrected chi connectivity index (χ0v) is 19.4. The van der Waals surface area contributed by atoms with E-state index in [9.17, 15) is 27.6 Å². The van der Waals surface area contributed by atoms with E-state index in [1.54, 1.807) is 21.0 Å². The van der Waals surface area contributed by atoms with Gasteiger partial charge in [0.1, 0.15) is 0 Å². The lowest BCUT2D eigenvalue weighted by Gasteiger charge is -2.09. The molecule has 3 N–H and O–H groups in total. The molecule has 2 heterocycles. The smallest absolute Gasteiger partial charge is 0.295 e. The molecule has 34 heavy (non-hydrogen) atoms. The highest BCUT2D eigenvalue weighted by Crippen LogP contribution is 2.29. The maximum absolute atomic E-state index is 12.9. The number of amides is 2. The van der Waals surface area contributed by atoms with E-state index >= 15 is 0 Å².